The number of aryl methyl sites for hydroxylation is 3. The predicted molar refractivity (Wildman–Crippen MR) is 276 cm³/mol. The van der Waals surface area contributed by atoms with Crippen LogP contribution < -0.4 is 14.6 Å². The van der Waals surface area contributed by atoms with Crippen LogP contribution in [0.25, 0.3) is 70.2 Å². The molecule has 19 heteroatoms. The fourth-order valence-electron chi connectivity index (χ4n) is 7.26. The summed E-state index contributed by atoms with van der Waals surface area (Å²) in [6.45, 7) is 7.33. The first-order valence-corrected chi connectivity index (χ1v) is 25.3. The summed E-state index contributed by atoms with van der Waals surface area (Å²) in [5.74, 6) is 0.627. The monoisotopic (exact) mass is 1120 g/mol. The van der Waals surface area contributed by atoms with E-state index in [0.717, 1.165) is 39.8 Å². The Morgan fingerprint density at radius 3 is 1.94 bits per heavy atom. The zero-order chi connectivity index (χ0) is 49.9. The van der Waals surface area contributed by atoms with E-state index in [4.69, 9.17) is 19.9 Å². The topological polar surface area (TPSA) is 153 Å². The summed E-state index contributed by atoms with van der Waals surface area (Å²) in [4.78, 5) is 47.4. The summed E-state index contributed by atoms with van der Waals surface area (Å²) >= 11 is 9.07. The van der Waals surface area contributed by atoms with Crippen LogP contribution in [0.1, 0.15) is 86.2 Å². The molecule has 0 atom stereocenters. The Morgan fingerprint density at radius 1 is 0.676 bits per heavy atom. The second-order valence-electron chi connectivity index (χ2n) is 15.7. The molecule has 11 nitrogen and oxygen atoms in total. The molecule has 71 heavy (non-hydrogen) atoms. The molecular weight excluding hydrogens is 1070 g/mol. The summed E-state index contributed by atoms with van der Waals surface area (Å²) < 4.78 is 48.0. The molecule has 0 aliphatic heterocycles. The van der Waals surface area contributed by atoms with E-state index < -0.39 is 11.9 Å². The molecule has 0 saturated carbocycles. The molecule has 0 aromatic carbocycles. The van der Waals surface area contributed by atoms with Crippen molar-refractivity contribution < 1.29 is 51.7 Å². The van der Waals surface area contributed by atoms with Gasteiger partial charge in [-0.2, -0.15) is 18.3 Å². The maximum absolute atomic E-state index is 12.6. The first-order chi connectivity index (χ1) is 34.0. The Bertz CT molecular complexity index is 2980. The van der Waals surface area contributed by atoms with E-state index in [1.807, 2.05) is 29.5 Å². The first kappa shape index (κ1) is 56.0. The van der Waals surface area contributed by atoms with Gasteiger partial charge in [-0.25, -0.2) is 4.98 Å². The number of alkyl halides is 3. The number of rotatable bonds is 20. The third-order valence-electron chi connectivity index (χ3n) is 10.6. The Balaban J connectivity index is 0.000000269. The smallest absolute Gasteiger partial charge is 0.753 e. The van der Waals surface area contributed by atoms with Crippen molar-refractivity contribution in [2.45, 2.75) is 91.2 Å². The van der Waals surface area contributed by atoms with Crippen LogP contribution in [0.2, 0.25) is 0 Å². The number of carbonyl (C=O) groups excluding carboxylic acids is 2. The van der Waals surface area contributed by atoms with Crippen LogP contribution in [0.5, 0.6) is 11.5 Å². The van der Waals surface area contributed by atoms with Gasteiger partial charge in [-0.3, -0.25) is 24.5 Å². The standard InChI is InChI=1S/C32H29N3O4S2.C19H19F3N3S.CNS.Ru/c1-3-4-5-6-7-23-14-21(2)40-32(23)31-9-8-30(41-31)22-10-12-33-26(15-22)28-17-25(39-20-37)18-29(35-28)27-16-24(38-19-36)11-13-34-27;1-2-3-4-5-6-14-8-10-17(26-14)13-7-9-15(23-12-13)16-11-18(25-24-16)19(20,21)22;2-1-3;/h8-20H,3-7H2,1-2H3;7-12H,2-6H2,1H3;;/q;2*-1;+2. The number of ether oxygens (including phenoxy) is 2. The number of pyridine rings is 4. The van der Waals surface area contributed by atoms with Gasteiger partial charge in [0.25, 0.3) is 12.9 Å². The van der Waals surface area contributed by atoms with Crippen molar-refractivity contribution in [2.24, 2.45) is 0 Å². The van der Waals surface area contributed by atoms with Gasteiger partial charge in [0.2, 0.25) is 0 Å². The molecular formula is C52H48F3N7O4RuS4. The van der Waals surface area contributed by atoms with Crippen LogP contribution in [0, 0.1) is 6.92 Å². The summed E-state index contributed by atoms with van der Waals surface area (Å²) in [5, 5.41) is 15.2. The second-order valence-corrected chi connectivity index (χ2v) is 19.4. The quantitative estimate of drug-likeness (QED) is 0.0236. The summed E-state index contributed by atoms with van der Waals surface area (Å²) in [7, 11) is 0. The molecule has 0 radical (unpaired) electrons. The van der Waals surface area contributed by atoms with E-state index in [9.17, 15) is 22.8 Å². The van der Waals surface area contributed by atoms with Crippen LogP contribution in [0.15, 0.2) is 104 Å². The average Bonchev–Trinajstić information content (AvgIpc) is 4.21. The minimum absolute atomic E-state index is 0. The fraction of sp³-hybridized carbons (Fsp3) is 0.269. The van der Waals surface area contributed by atoms with Gasteiger partial charge < -0.3 is 25.1 Å². The SMILES string of the molecule is CCCCCCc1cc(C)sc1-c1ccc(-c2ccnc(-c3cc(OC=O)cc(-c4cc(OC=O)ccn4)n3)c2)s1.CCCCCCc1ccc(-c2ccc(-c3cc(C(F)(F)F)n[n-]3)nc2)s1.[N-]=C=S.[Ru+2]. The van der Waals surface area contributed by atoms with Crippen molar-refractivity contribution in [3.63, 3.8) is 0 Å². The maximum atomic E-state index is 12.6. The number of aromatic nitrogens is 6. The van der Waals surface area contributed by atoms with Crippen LogP contribution in [0.3, 0.4) is 0 Å². The van der Waals surface area contributed by atoms with Crippen LogP contribution >= 0.6 is 46.2 Å². The van der Waals surface area contributed by atoms with Crippen molar-refractivity contribution >= 4 is 64.3 Å². The molecule has 368 valence electrons. The summed E-state index contributed by atoms with van der Waals surface area (Å²) in [5.41, 5.74) is 4.97. The largest absolute Gasteiger partial charge is 2.00 e. The minimum Gasteiger partial charge on any atom is -0.753 e. The average molecular weight is 1120 g/mol. The number of carbonyl (C=O) groups is 2. The number of nitrogens with zero attached hydrogens (tertiary/aromatic N) is 7. The number of unbranched alkanes of at least 4 members (excludes halogenated alkanes) is 6. The molecule has 8 rings (SSSR count). The molecule has 0 aliphatic rings. The molecule has 8 aromatic rings. The molecule has 8 aromatic heterocycles. The zero-order valence-electron chi connectivity index (χ0n) is 38.9. The number of thiophene rings is 3. The molecule has 0 bridgehead atoms. The van der Waals surface area contributed by atoms with Gasteiger partial charge in [0.1, 0.15) is 17.2 Å². The van der Waals surface area contributed by atoms with Crippen molar-refractivity contribution in [1.82, 2.24) is 30.1 Å². The molecule has 0 saturated heterocycles. The number of hydrogen-bond acceptors (Lipinski definition) is 13. The Morgan fingerprint density at radius 2 is 1.30 bits per heavy atom. The van der Waals surface area contributed by atoms with Gasteiger partial charge in [-0.05, 0) is 110 Å². The summed E-state index contributed by atoms with van der Waals surface area (Å²) in [6.07, 6.45) is 12.6. The molecule has 0 aliphatic carbocycles. The molecule has 0 N–H and O–H groups in total. The van der Waals surface area contributed by atoms with E-state index in [1.165, 1.54) is 87.8 Å². The van der Waals surface area contributed by atoms with Gasteiger partial charge in [0.05, 0.1) is 22.8 Å². The Hall–Kier alpha value is -5.94. The van der Waals surface area contributed by atoms with E-state index in [-0.39, 0.29) is 25.2 Å². The summed E-state index contributed by atoms with van der Waals surface area (Å²) in [6, 6.07) is 25.7. The normalized spacial score (nSPS) is 10.7. The molecule has 0 spiro atoms. The van der Waals surface area contributed by atoms with E-state index in [0.29, 0.717) is 52.9 Å². The van der Waals surface area contributed by atoms with Crippen molar-refractivity contribution in [1.29, 1.82) is 0 Å². The van der Waals surface area contributed by atoms with Crippen molar-refractivity contribution in [3.05, 3.63) is 130 Å². The number of hydrogen-bond donors (Lipinski definition) is 0. The van der Waals surface area contributed by atoms with Crippen LogP contribution in [0.4, 0.5) is 13.2 Å². The molecule has 0 unspecified atom stereocenters. The van der Waals surface area contributed by atoms with E-state index >= 15 is 0 Å². The zero-order valence-corrected chi connectivity index (χ0v) is 43.9. The minimum atomic E-state index is -4.49. The first-order valence-electron chi connectivity index (χ1n) is 22.5. The van der Waals surface area contributed by atoms with Crippen molar-refractivity contribution in [2.75, 3.05) is 0 Å². The van der Waals surface area contributed by atoms with Gasteiger partial charge in [-0.1, -0.05) is 70.3 Å². The Kier molecular flexibility index (Phi) is 22.2. The number of thiocarbonyl (C=S) groups is 1. The molecule has 0 amide bonds. The van der Waals surface area contributed by atoms with Gasteiger partial charge in [-0.15, -0.1) is 34.0 Å². The van der Waals surface area contributed by atoms with Crippen molar-refractivity contribution in [3.8, 4) is 76.3 Å². The van der Waals surface area contributed by atoms with Crippen LogP contribution in [-0.4, -0.2) is 43.1 Å². The molecule has 0 fully saturated rings. The maximum Gasteiger partial charge on any atom is 2.00 e. The van der Waals surface area contributed by atoms with Gasteiger partial charge >= 0.3 is 25.7 Å². The van der Waals surface area contributed by atoms with E-state index in [2.05, 4.69) is 88.5 Å². The number of halogens is 3. The van der Waals surface area contributed by atoms with Gasteiger partial charge in [0, 0.05) is 77.3 Å². The third-order valence-corrected chi connectivity index (χ3v) is 14.2. The predicted octanol–water partition coefficient (Wildman–Crippen LogP) is 14.8. The third kappa shape index (κ3) is 16.3. The van der Waals surface area contributed by atoms with Crippen LogP contribution in [-0.2, 0) is 48.1 Å². The second kappa shape index (κ2) is 28.2. The number of isothiocyanates is 1. The Labute approximate surface area is 440 Å². The van der Waals surface area contributed by atoms with Gasteiger partial charge in [0.15, 0.2) is 0 Å². The fourth-order valence-corrected chi connectivity index (χ4v) is 10.5. The molecule has 8 heterocycles. The van der Waals surface area contributed by atoms with E-state index in [1.54, 1.807) is 65.4 Å².